The molecular formula is C15H18N2O2S. The summed E-state index contributed by atoms with van der Waals surface area (Å²) >= 11 is 0. The summed E-state index contributed by atoms with van der Waals surface area (Å²) in [5.41, 5.74) is 5.93. The average Bonchev–Trinajstić information content (AvgIpc) is 2.83. The Morgan fingerprint density at radius 2 is 1.80 bits per heavy atom. The molecule has 0 aromatic heterocycles. The monoisotopic (exact) mass is 290 g/mol. The summed E-state index contributed by atoms with van der Waals surface area (Å²) in [6.45, 7) is 0. The average molecular weight is 290 g/mol. The van der Waals surface area contributed by atoms with Crippen LogP contribution in [0.4, 0.5) is 0 Å². The molecule has 1 aliphatic carbocycles. The van der Waals surface area contributed by atoms with Crippen LogP contribution in [-0.2, 0) is 10.0 Å². The molecule has 0 spiro atoms. The van der Waals surface area contributed by atoms with Crippen LogP contribution in [0.5, 0.6) is 0 Å². The maximum atomic E-state index is 12.4. The number of benzene rings is 2. The van der Waals surface area contributed by atoms with E-state index in [0.717, 1.165) is 30.0 Å². The van der Waals surface area contributed by atoms with Gasteiger partial charge in [-0.1, -0.05) is 36.8 Å². The molecule has 0 radical (unpaired) electrons. The van der Waals surface area contributed by atoms with Crippen molar-refractivity contribution in [3.05, 3.63) is 42.5 Å². The van der Waals surface area contributed by atoms with Crippen LogP contribution in [0, 0.1) is 0 Å². The highest BCUT2D eigenvalue weighted by atomic mass is 32.2. The third-order valence-corrected chi connectivity index (χ3v) is 5.39. The lowest BCUT2D eigenvalue weighted by molar-refractivity contribution is 0.522. The third-order valence-electron chi connectivity index (χ3n) is 3.91. The van der Waals surface area contributed by atoms with E-state index >= 15 is 0 Å². The summed E-state index contributed by atoms with van der Waals surface area (Å²) in [6.07, 6.45) is 2.67. The van der Waals surface area contributed by atoms with Crippen molar-refractivity contribution in [2.45, 2.75) is 36.2 Å². The zero-order valence-corrected chi connectivity index (χ0v) is 11.9. The van der Waals surface area contributed by atoms with Gasteiger partial charge in [0.1, 0.15) is 0 Å². The molecule has 0 bridgehead atoms. The van der Waals surface area contributed by atoms with Gasteiger partial charge in [-0.05, 0) is 35.7 Å². The Morgan fingerprint density at radius 3 is 2.50 bits per heavy atom. The van der Waals surface area contributed by atoms with E-state index in [9.17, 15) is 8.42 Å². The molecule has 2 aromatic carbocycles. The van der Waals surface area contributed by atoms with E-state index in [-0.39, 0.29) is 12.1 Å². The molecule has 4 nitrogen and oxygen atoms in total. The van der Waals surface area contributed by atoms with Gasteiger partial charge >= 0.3 is 0 Å². The number of hydrogen-bond acceptors (Lipinski definition) is 3. The van der Waals surface area contributed by atoms with Crippen molar-refractivity contribution in [3.8, 4) is 0 Å². The molecule has 106 valence electrons. The molecule has 0 amide bonds. The van der Waals surface area contributed by atoms with Crippen LogP contribution in [0.15, 0.2) is 47.4 Å². The first-order valence-electron chi connectivity index (χ1n) is 6.83. The van der Waals surface area contributed by atoms with Crippen LogP contribution in [0.2, 0.25) is 0 Å². The minimum Gasteiger partial charge on any atom is -0.326 e. The Balaban J connectivity index is 1.92. The Labute approximate surface area is 119 Å². The van der Waals surface area contributed by atoms with Gasteiger partial charge in [-0.2, -0.15) is 0 Å². The fourth-order valence-electron chi connectivity index (χ4n) is 2.74. The minimum atomic E-state index is -3.50. The SMILES string of the molecule is NC1CCCC1NS(=O)(=O)c1ccc2ccccc2c1. The van der Waals surface area contributed by atoms with Crippen LogP contribution in [0.3, 0.4) is 0 Å². The number of nitrogens with one attached hydrogen (secondary N) is 1. The fourth-order valence-corrected chi connectivity index (χ4v) is 4.09. The molecule has 1 saturated carbocycles. The van der Waals surface area contributed by atoms with Gasteiger partial charge in [0.15, 0.2) is 0 Å². The van der Waals surface area contributed by atoms with E-state index in [1.807, 2.05) is 30.3 Å². The lowest BCUT2D eigenvalue weighted by Gasteiger charge is -2.17. The molecule has 2 unspecified atom stereocenters. The zero-order valence-electron chi connectivity index (χ0n) is 11.1. The largest absolute Gasteiger partial charge is 0.326 e. The normalized spacial score (nSPS) is 23.2. The van der Waals surface area contributed by atoms with Crippen molar-refractivity contribution in [2.24, 2.45) is 5.73 Å². The second-order valence-electron chi connectivity index (χ2n) is 5.33. The van der Waals surface area contributed by atoms with Crippen molar-refractivity contribution in [2.75, 3.05) is 0 Å². The van der Waals surface area contributed by atoms with Crippen molar-refractivity contribution < 1.29 is 8.42 Å². The van der Waals surface area contributed by atoms with E-state index < -0.39 is 10.0 Å². The Hall–Kier alpha value is -1.43. The Morgan fingerprint density at radius 1 is 1.05 bits per heavy atom. The number of fused-ring (bicyclic) bond motifs is 1. The lowest BCUT2D eigenvalue weighted by Crippen LogP contribution is -2.43. The topological polar surface area (TPSA) is 72.2 Å². The quantitative estimate of drug-likeness (QED) is 0.908. The van der Waals surface area contributed by atoms with Gasteiger partial charge in [0, 0.05) is 12.1 Å². The van der Waals surface area contributed by atoms with Gasteiger partial charge in [0.05, 0.1) is 4.90 Å². The molecule has 5 heteroatoms. The molecule has 3 N–H and O–H groups in total. The molecule has 2 aromatic rings. The van der Waals surface area contributed by atoms with E-state index in [1.165, 1.54) is 0 Å². The predicted molar refractivity (Wildman–Crippen MR) is 79.9 cm³/mol. The van der Waals surface area contributed by atoms with Gasteiger partial charge in [0.25, 0.3) is 0 Å². The van der Waals surface area contributed by atoms with E-state index in [2.05, 4.69) is 4.72 Å². The highest BCUT2D eigenvalue weighted by Gasteiger charge is 2.28. The number of hydrogen-bond donors (Lipinski definition) is 2. The number of nitrogens with two attached hydrogens (primary N) is 1. The van der Waals surface area contributed by atoms with E-state index in [0.29, 0.717) is 4.90 Å². The van der Waals surface area contributed by atoms with Crippen molar-refractivity contribution >= 4 is 20.8 Å². The molecular weight excluding hydrogens is 272 g/mol. The van der Waals surface area contributed by atoms with Gasteiger partial charge in [-0.25, -0.2) is 13.1 Å². The summed E-state index contributed by atoms with van der Waals surface area (Å²) < 4.78 is 27.6. The van der Waals surface area contributed by atoms with Crippen molar-refractivity contribution in [1.29, 1.82) is 0 Å². The summed E-state index contributed by atoms with van der Waals surface area (Å²) in [5, 5.41) is 1.95. The molecule has 2 atom stereocenters. The maximum Gasteiger partial charge on any atom is 0.240 e. The predicted octanol–water partition coefficient (Wildman–Crippen LogP) is 2.00. The summed E-state index contributed by atoms with van der Waals surface area (Å²) in [4.78, 5) is 0.301. The third kappa shape index (κ3) is 2.57. The van der Waals surface area contributed by atoms with Crippen LogP contribution in [0.25, 0.3) is 10.8 Å². The zero-order chi connectivity index (χ0) is 14.2. The summed E-state index contributed by atoms with van der Waals surface area (Å²) in [7, 11) is -3.50. The molecule has 1 aliphatic rings. The first kappa shape index (κ1) is 13.5. The van der Waals surface area contributed by atoms with Gasteiger partial charge in [-0.15, -0.1) is 0 Å². The van der Waals surface area contributed by atoms with Gasteiger partial charge in [-0.3, -0.25) is 0 Å². The van der Waals surface area contributed by atoms with Crippen LogP contribution < -0.4 is 10.5 Å². The van der Waals surface area contributed by atoms with Crippen LogP contribution in [-0.4, -0.2) is 20.5 Å². The fraction of sp³-hybridized carbons (Fsp3) is 0.333. The standard InChI is InChI=1S/C15H18N2O2S/c16-14-6-3-7-15(14)17-20(18,19)13-9-8-11-4-1-2-5-12(11)10-13/h1-2,4-5,8-10,14-15,17H,3,6-7,16H2. The second kappa shape index (κ2) is 5.16. The Kier molecular flexibility index (Phi) is 3.50. The first-order chi connectivity index (χ1) is 9.56. The van der Waals surface area contributed by atoms with E-state index in [1.54, 1.807) is 12.1 Å². The van der Waals surface area contributed by atoms with Gasteiger partial charge < -0.3 is 5.73 Å². The molecule has 1 fully saturated rings. The highest BCUT2D eigenvalue weighted by molar-refractivity contribution is 7.89. The summed E-state index contributed by atoms with van der Waals surface area (Å²) in [6, 6.07) is 12.7. The second-order valence-corrected chi connectivity index (χ2v) is 7.05. The molecule has 0 aliphatic heterocycles. The van der Waals surface area contributed by atoms with E-state index in [4.69, 9.17) is 5.73 Å². The molecule has 20 heavy (non-hydrogen) atoms. The lowest BCUT2D eigenvalue weighted by atomic mass is 10.1. The molecule has 0 saturated heterocycles. The smallest absolute Gasteiger partial charge is 0.240 e. The molecule has 0 heterocycles. The van der Waals surface area contributed by atoms with Crippen molar-refractivity contribution in [1.82, 2.24) is 4.72 Å². The highest BCUT2D eigenvalue weighted by Crippen LogP contribution is 2.22. The summed E-state index contributed by atoms with van der Waals surface area (Å²) in [5.74, 6) is 0. The van der Waals surface area contributed by atoms with Crippen molar-refractivity contribution in [3.63, 3.8) is 0 Å². The first-order valence-corrected chi connectivity index (χ1v) is 8.31. The van der Waals surface area contributed by atoms with Crippen LogP contribution >= 0.6 is 0 Å². The molecule has 3 rings (SSSR count). The maximum absolute atomic E-state index is 12.4. The minimum absolute atomic E-state index is 0.0785. The number of sulfonamides is 1. The number of rotatable bonds is 3. The van der Waals surface area contributed by atoms with Crippen LogP contribution in [0.1, 0.15) is 19.3 Å². The van der Waals surface area contributed by atoms with Gasteiger partial charge in [0.2, 0.25) is 10.0 Å². The Bertz CT molecular complexity index is 727.